The molecule has 0 saturated heterocycles. The molecule has 9 heteroatoms. The molecule has 0 fully saturated rings. The van der Waals surface area contributed by atoms with Crippen molar-refractivity contribution >= 4 is 50.6 Å². The van der Waals surface area contributed by atoms with E-state index in [1.807, 2.05) is 0 Å². The van der Waals surface area contributed by atoms with Crippen molar-refractivity contribution in [2.75, 3.05) is 4.72 Å². The molecule has 1 aromatic heterocycles. The Kier molecular flexibility index (Phi) is 4.15. The van der Waals surface area contributed by atoms with Crippen molar-refractivity contribution in [3.8, 4) is 0 Å². The minimum Gasteiger partial charge on any atom is -0.262 e. The van der Waals surface area contributed by atoms with Crippen LogP contribution in [0.3, 0.4) is 0 Å². The third-order valence-electron chi connectivity index (χ3n) is 2.10. The van der Waals surface area contributed by atoms with Crippen LogP contribution >= 0.6 is 34.8 Å². The number of hydrogen-bond acceptors (Lipinski definition) is 4. The fourth-order valence-corrected chi connectivity index (χ4v) is 3.14. The van der Waals surface area contributed by atoms with E-state index in [0.29, 0.717) is 0 Å². The highest BCUT2D eigenvalue weighted by molar-refractivity contribution is 7.92. The zero-order chi connectivity index (χ0) is 14.0. The van der Waals surface area contributed by atoms with E-state index in [0.717, 1.165) is 6.33 Å². The normalized spacial score (nSPS) is 11.3. The SMILES string of the molecule is O=S(=O)(Nc1ncnc(Cl)c1Cl)c1ccccc1Cl. The van der Waals surface area contributed by atoms with Gasteiger partial charge in [-0.3, -0.25) is 4.72 Å². The van der Waals surface area contributed by atoms with Gasteiger partial charge in [-0.1, -0.05) is 46.9 Å². The highest BCUT2D eigenvalue weighted by Gasteiger charge is 2.20. The maximum Gasteiger partial charge on any atom is 0.264 e. The Morgan fingerprint density at radius 2 is 1.74 bits per heavy atom. The topological polar surface area (TPSA) is 72.0 Å². The first-order chi connectivity index (χ1) is 8.92. The van der Waals surface area contributed by atoms with Gasteiger partial charge in [0, 0.05) is 0 Å². The van der Waals surface area contributed by atoms with E-state index >= 15 is 0 Å². The molecule has 0 aliphatic rings. The molecule has 19 heavy (non-hydrogen) atoms. The Morgan fingerprint density at radius 3 is 2.42 bits per heavy atom. The van der Waals surface area contributed by atoms with Crippen LogP contribution in [-0.4, -0.2) is 18.4 Å². The molecule has 0 radical (unpaired) electrons. The first-order valence-corrected chi connectivity index (χ1v) is 7.47. The molecule has 1 N–H and O–H groups in total. The van der Waals surface area contributed by atoms with Crippen molar-refractivity contribution < 1.29 is 8.42 Å². The van der Waals surface area contributed by atoms with Gasteiger partial charge in [-0.2, -0.15) is 0 Å². The molecule has 0 spiro atoms. The standard InChI is InChI=1S/C10H6Cl3N3O2S/c11-6-3-1-2-4-7(6)19(17,18)16-10-8(12)9(13)14-5-15-10/h1-5H,(H,14,15,16). The summed E-state index contributed by atoms with van der Waals surface area (Å²) in [6, 6.07) is 6.00. The van der Waals surface area contributed by atoms with Crippen molar-refractivity contribution in [3.63, 3.8) is 0 Å². The molecule has 2 aromatic rings. The summed E-state index contributed by atoms with van der Waals surface area (Å²) in [5, 5.41) is -0.0420. The molecule has 0 unspecified atom stereocenters. The van der Waals surface area contributed by atoms with Gasteiger partial charge in [0.2, 0.25) is 0 Å². The monoisotopic (exact) mass is 337 g/mol. The van der Waals surface area contributed by atoms with Gasteiger partial charge in [0.15, 0.2) is 11.0 Å². The molecule has 0 aliphatic carbocycles. The smallest absolute Gasteiger partial charge is 0.262 e. The van der Waals surface area contributed by atoms with E-state index in [9.17, 15) is 8.42 Å². The molecule has 0 atom stereocenters. The van der Waals surface area contributed by atoms with Crippen molar-refractivity contribution in [1.82, 2.24) is 9.97 Å². The molecule has 5 nitrogen and oxygen atoms in total. The average Bonchev–Trinajstić information content (AvgIpc) is 2.35. The average molecular weight is 339 g/mol. The van der Waals surface area contributed by atoms with E-state index < -0.39 is 10.0 Å². The lowest BCUT2D eigenvalue weighted by Crippen LogP contribution is -2.15. The lowest BCUT2D eigenvalue weighted by atomic mass is 10.4. The maximum atomic E-state index is 12.1. The Morgan fingerprint density at radius 1 is 1.05 bits per heavy atom. The van der Waals surface area contributed by atoms with Crippen LogP contribution in [-0.2, 0) is 10.0 Å². The van der Waals surface area contributed by atoms with E-state index in [1.165, 1.54) is 12.1 Å². The summed E-state index contributed by atoms with van der Waals surface area (Å²) < 4.78 is 26.5. The van der Waals surface area contributed by atoms with Gasteiger partial charge in [-0.25, -0.2) is 18.4 Å². The highest BCUT2D eigenvalue weighted by atomic mass is 35.5. The molecule has 100 valence electrons. The van der Waals surface area contributed by atoms with Gasteiger partial charge in [0.1, 0.15) is 16.2 Å². The molecule has 0 amide bonds. The number of hydrogen-bond donors (Lipinski definition) is 1. The molecule has 2 rings (SSSR count). The fraction of sp³-hybridized carbons (Fsp3) is 0. The lowest BCUT2D eigenvalue weighted by Gasteiger charge is -2.09. The van der Waals surface area contributed by atoms with Crippen LogP contribution in [0.5, 0.6) is 0 Å². The van der Waals surface area contributed by atoms with Crippen molar-refractivity contribution in [3.05, 3.63) is 45.8 Å². The minimum absolute atomic E-state index is 0.0477. The van der Waals surface area contributed by atoms with E-state index in [2.05, 4.69) is 14.7 Å². The molecular formula is C10H6Cl3N3O2S. The summed E-state index contributed by atoms with van der Waals surface area (Å²) in [6.45, 7) is 0. The summed E-state index contributed by atoms with van der Waals surface area (Å²) in [5.41, 5.74) is 0. The van der Waals surface area contributed by atoms with Gasteiger partial charge in [-0.15, -0.1) is 0 Å². The first-order valence-electron chi connectivity index (χ1n) is 4.85. The van der Waals surface area contributed by atoms with Crippen molar-refractivity contribution in [2.24, 2.45) is 0 Å². The Hall–Kier alpha value is -1.08. The molecule has 0 saturated carbocycles. The number of benzene rings is 1. The predicted molar refractivity (Wildman–Crippen MR) is 74.3 cm³/mol. The Labute approximate surface area is 124 Å². The lowest BCUT2D eigenvalue weighted by molar-refractivity contribution is 0.601. The highest BCUT2D eigenvalue weighted by Crippen LogP contribution is 2.28. The zero-order valence-corrected chi connectivity index (χ0v) is 12.2. The number of nitrogens with one attached hydrogen (secondary N) is 1. The number of halogens is 3. The third kappa shape index (κ3) is 3.09. The summed E-state index contributed by atoms with van der Waals surface area (Å²) >= 11 is 17.3. The number of sulfonamides is 1. The van der Waals surface area contributed by atoms with Crippen LogP contribution < -0.4 is 4.72 Å². The fourth-order valence-electron chi connectivity index (χ4n) is 1.26. The van der Waals surface area contributed by atoms with E-state index in [-0.39, 0.29) is 25.9 Å². The first kappa shape index (κ1) is 14.3. The molecule has 0 bridgehead atoms. The summed E-state index contributed by atoms with van der Waals surface area (Å²) in [7, 11) is -3.90. The second kappa shape index (κ2) is 5.50. The largest absolute Gasteiger partial charge is 0.264 e. The van der Waals surface area contributed by atoms with Crippen molar-refractivity contribution in [2.45, 2.75) is 4.90 Å². The van der Waals surface area contributed by atoms with Crippen LogP contribution in [0.25, 0.3) is 0 Å². The van der Waals surface area contributed by atoms with E-state index in [1.54, 1.807) is 12.1 Å². The van der Waals surface area contributed by atoms with Crippen LogP contribution in [0.15, 0.2) is 35.5 Å². The Balaban J connectivity index is 2.43. The quantitative estimate of drug-likeness (QED) is 0.872. The number of rotatable bonds is 3. The van der Waals surface area contributed by atoms with Crippen molar-refractivity contribution in [1.29, 1.82) is 0 Å². The van der Waals surface area contributed by atoms with Crippen LogP contribution in [0.2, 0.25) is 15.2 Å². The summed E-state index contributed by atoms with van der Waals surface area (Å²) in [4.78, 5) is 7.26. The molecule has 0 aliphatic heterocycles. The minimum atomic E-state index is -3.90. The van der Waals surface area contributed by atoms with Crippen LogP contribution in [0.4, 0.5) is 5.82 Å². The maximum absolute atomic E-state index is 12.1. The molecule has 1 heterocycles. The molecular weight excluding hydrogens is 333 g/mol. The van der Waals surface area contributed by atoms with Gasteiger partial charge in [-0.05, 0) is 12.1 Å². The number of anilines is 1. The number of nitrogens with zero attached hydrogens (tertiary/aromatic N) is 2. The van der Waals surface area contributed by atoms with Crippen LogP contribution in [0.1, 0.15) is 0 Å². The summed E-state index contributed by atoms with van der Waals surface area (Å²) in [5.74, 6) is -0.110. The molecule has 1 aromatic carbocycles. The zero-order valence-electron chi connectivity index (χ0n) is 9.14. The predicted octanol–water partition coefficient (Wildman–Crippen LogP) is 3.24. The number of aromatic nitrogens is 2. The third-order valence-corrected chi connectivity index (χ3v) is 4.68. The van der Waals surface area contributed by atoms with Gasteiger partial charge < -0.3 is 0 Å². The van der Waals surface area contributed by atoms with Crippen LogP contribution in [0, 0.1) is 0 Å². The van der Waals surface area contributed by atoms with Gasteiger partial charge in [0.05, 0.1) is 5.02 Å². The van der Waals surface area contributed by atoms with E-state index in [4.69, 9.17) is 34.8 Å². The van der Waals surface area contributed by atoms with Gasteiger partial charge in [0.25, 0.3) is 10.0 Å². The Bertz CT molecular complexity index is 722. The van der Waals surface area contributed by atoms with Gasteiger partial charge >= 0.3 is 0 Å². The second-order valence-electron chi connectivity index (χ2n) is 3.36. The second-order valence-corrected chi connectivity index (χ2v) is 6.16. The summed E-state index contributed by atoms with van der Waals surface area (Å²) in [6.07, 6.45) is 1.10.